The predicted molar refractivity (Wildman–Crippen MR) is 107 cm³/mol. The Labute approximate surface area is 156 Å². The van der Waals surface area contributed by atoms with Crippen LogP contribution in [0.5, 0.6) is 0 Å². The summed E-state index contributed by atoms with van der Waals surface area (Å²) in [6.45, 7) is 1.04. The van der Waals surface area contributed by atoms with E-state index in [1.54, 1.807) is 0 Å². The summed E-state index contributed by atoms with van der Waals surface area (Å²) in [4.78, 5) is 12.3. The highest BCUT2D eigenvalue weighted by molar-refractivity contribution is 5.78. The van der Waals surface area contributed by atoms with Crippen LogP contribution in [0.4, 0.5) is 0 Å². The molecule has 2 N–H and O–H groups in total. The van der Waals surface area contributed by atoms with Crippen molar-refractivity contribution in [1.82, 2.24) is 10.6 Å². The highest BCUT2D eigenvalue weighted by atomic mass is 16.1. The molecule has 0 spiro atoms. The fourth-order valence-corrected chi connectivity index (χ4v) is 3.47. The first-order valence-corrected chi connectivity index (χ1v) is 9.61. The summed E-state index contributed by atoms with van der Waals surface area (Å²) in [7, 11) is 0. The van der Waals surface area contributed by atoms with Crippen LogP contribution < -0.4 is 10.6 Å². The lowest BCUT2D eigenvalue weighted by Gasteiger charge is -2.20. The van der Waals surface area contributed by atoms with Gasteiger partial charge in [-0.3, -0.25) is 10.1 Å². The second kappa shape index (κ2) is 9.93. The Bertz CT molecular complexity index is 670. The van der Waals surface area contributed by atoms with Crippen molar-refractivity contribution in [2.45, 2.75) is 38.1 Å². The molecule has 0 unspecified atom stereocenters. The summed E-state index contributed by atoms with van der Waals surface area (Å²) in [5.74, 6) is 0.0540. The first kappa shape index (κ1) is 18.4. The van der Waals surface area contributed by atoms with Gasteiger partial charge in [-0.25, -0.2) is 0 Å². The summed E-state index contributed by atoms with van der Waals surface area (Å²) < 4.78 is 0. The number of carbonyl (C=O) groups is 1. The molecule has 0 fully saturated rings. The van der Waals surface area contributed by atoms with Gasteiger partial charge in [-0.05, 0) is 43.2 Å². The summed E-state index contributed by atoms with van der Waals surface area (Å²) in [5, 5.41) is 6.46. The van der Waals surface area contributed by atoms with E-state index in [1.807, 2.05) is 36.4 Å². The van der Waals surface area contributed by atoms with Crippen LogP contribution in [-0.4, -0.2) is 19.0 Å². The lowest BCUT2D eigenvalue weighted by Crippen LogP contribution is -2.36. The molecular formula is C23H28N2O. The van der Waals surface area contributed by atoms with E-state index >= 15 is 0 Å². The zero-order valence-electron chi connectivity index (χ0n) is 15.3. The molecular weight excluding hydrogens is 320 g/mol. The Morgan fingerprint density at radius 3 is 2.15 bits per heavy atom. The van der Waals surface area contributed by atoms with Crippen molar-refractivity contribution in [2.24, 2.45) is 0 Å². The van der Waals surface area contributed by atoms with Crippen molar-refractivity contribution >= 4 is 5.91 Å². The molecule has 2 aromatic carbocycles. The Balaban J connectivity index is 1.52. The summed E-state index contributed by atoms with van der Waals surface area (Å²) in [5.41, 5.74) is 3.83. The average molecular weight is 348 g/mol. The maximum atomic E-state index is 12.3. The third-order valence-electron chi connectivity index (χ3n) is 4.89. The number of rotatable bonds is 8. The second-order valence-corrected chi connectivity index (χ2v) is 6.84. The van der Waals surface area contributed by atoms with Gasteiger partial charge in [-0.2, -0.15) is 0 Å². The third-order valence-corrected chi connectivity index (χ3v) is 4.89. The minimum atomic E-state index is 0.0178. The number of carbonyl (C=O) groups excluding carboxylic acids is 1. The predicted octanol–water partition coefficient (Wildman–Crippen LogP) is 4.37. The number of hydrogen-bond acceptors (Lipinski definition) is 2. The van der Waals surface area contributed by atoms with Crippen LogP contribution in [-0.2, 0) is 4.79 Å². The molecule has 0 atom stereocenters. The van der Waals surface area contributed by atoms with Gasteiger partial charge in [0.15, 0.2) is 0 Å². The zero-order chi connectivity index (χ0) is 18.0. The molecule has 0 saturated heterocycles. The topological polar surface area (TPSA) is 41.1 Å². The van der Waals surface area contributed by atoms with Gasteiger partial charge in [0.25, 0.3) is 0 Å². The normalized spacial score (nSPS) is 14.1. The van der Waals surface area contributed by atoms with E-state index < -0.39 is 0 Å². The van der Waals surface area contributed by atoms with E-state index in [4.69, 9.17) is 0 Å². The summed E-state index contributed by atoms with van der Waals surface area (Å²) >= 11 is 0. The van der Waals surface area contributed by atoms with Crippen molar-refractivity contribution in [3.8, 4) is 0 Å². The summed E-state index contributed by atoms with van der Waals surface area (Å²) in [6.07, 6.45) is 8.30. The third kappa shape index (κ3) is 5.57. The molecule has 0 radical (unpaired) electrons. The van der Waals surface area contributed by atoms with Crippen molar-refractivity contribution in [1.29, 1.82) is 0 Å². The number of hydrogen-bond donors (Lipinski definition) is 2. The van der Waals surface area contributed by atoms with Crippen LogP contribution in [0.3, 0.4) is 0 Å². The summed E-state index contributed by atoms with van der Waals surface area (Å²) in [6, 6.07) is 20.6. The minimum Gasteiger partial charge on any atom is -0.355 e. The first-order chi connectivity index (χ1) is 12.8. The van der Waals surface area contributed by atoms with Crippen LogP contribution in [0.15, 0.2) is 72.3 Å². The molecule has 1 aliphatic carbocycles. The van der Waals surface area contributed by atoms with Gasteiger partial charge in [0.1, 0.15) is 0 Å². The van der Waals surface area contributed by atoms with Crippen molar-refractivity contribution in [3.05, 3.63) is 83.4 Å². The second-order valence-electron chi connectivity index (χ2n) is 6.84. The molecule has 0 heterocycles. The van der Waals surface area contributed by atoms with Gasteiger partial charge in [0, 0.05) is 6.54 Å². The van der Waals surface area contributed by atoms with E-state index in [2.05, 4.69) is 41.0 Å². The Hall–Kier alpha value is -2.39. The molecule has 136 valence electrons. The maximum absolute atomic E-state index is 12.3. The molecule has 1 amide bonds. The Kier molecular flexibility index (Phi) is 7.03. The lowest BCUT2D eigenvalue weighted by atomic mass is 9.97. The largest absolute Gasteiger partial charge is 0.355 e. The van der Waals surface area contributed by atoms with Gasteiger partial charge < -0.3 is 5.32 Å². The van der Waals surface area contributed by atoms with Gasteiger partial charge in [0.2, 0.25) is 5.91 Å². The number of benzene rings is 2. The number of amides is 1. The molecule has 0 aromatic heterocycles. The molecule has 1 aliphatic rings. The van der Waals surface area contributed by atoms with Crippen LogP contribution in [0.1, 0.15) is 49.3 Å². The van der Waals surface area contributed by atoms with E-state index in [1.165, 1.54) is 42.4 Å². The molecule has 26 heavy (non-hydrogen) atoms. The smallest absolute Gasteiger partial charge is 0.233 e. The SMILES string of the molecule is O=C(CNC(c1ccccc1)c1ccccc1)NCCC1=CCCCC1. The molecule has 0 saturated carbocycles. The lowest BCUT2D eigenvalue weighted by molar-refractivity contribution is -0.120. The molecule has 0 bridgehead atoms. The number of nitrogens with one attached hydrogen (secondary N) is 2. The van der Waals surface area contributed by atoms with Crippen LogP contribution >= 0.6 is 0 Å². The monoisotopic (exact) mass is 348 g/mol. The van der Waals surface area contributed by atoms with Crippen LogP contribution in [0, 0.1) is 0 Å². The molecule has 3 rings (SSSR count). The fourth-order valence-electron chi connectivity index (χ4n) is 3.47. The average Bonchev–Trinajstić information content (AvgIpc) is 2.71. The van der Waals surface area contributed by atoms with E-state index in [0.717, 1.165) is 13.0 Å². The first-order valence-electron chi connectivity index (χ1n) is 9.61. The molecule has 0 aliphatic heterocycles. The van der Waals surface area contributed by atoms with Crippen molar-refractivity contribution in [3.63, 3.8) is 0 Å². The Morgan fingerprint density at radius 1 is 0.923 bits per heavy atom. The van der Waals surface area contributed by atoms with Gasteiger partial charge >= 0.3 is 0 Å². The van der Waals surface area contributed by atoms with Crippen LogP contribution in [0.2, 0.25) is 0 Å². The van der Waals surface area contributed by atoms with Gasteiger partial charge in [-0.15, -0.1) is 0 Å². The van der Waals surface area contributed by atoms with E-state index in [9.17, 15) is 4.79 Å². The van der Waals surface area contributed by atoms with E-state index in [0.29, 0.717) is 6.54 Å². The molecule has 3 heteroatoms. The van der Waals surface area contributed by atoms with E-state index in [-0.39, 0.29) is 11.9 Å². The number of allylic oxidation sites excluding steroid dienone is 1. The van der Waals surface area contributed by atoms with Gasteiger partial charge in [0.05, 0.1) is 12.6 Å². The van der Waals surface area contributed by atoms with Crippen molar-refractivity contribution < 1.29 is 4.79 Å². The fraction of sp³-hybridized carbons (Fsp3) is 0.348. The highest BCUT2D eigenvalue weighted by Crippen LogP contribution is 2.21. The maximum Gasteiger partial charge on any atom is 0.233 e. The Morgan fingerprint density at radius 2 is 1.58 bits per heavy atom. The standard InChI is InChI=1S/C23H28N2O/c26-22(24-17-16-19-10-4-1-5-11-19)18-25-23(20-12-6-2-7-13-20)21-14-8-3-9-15-21/h2-3,6-10,12-15,23,25H,1,4-5,11,16-18H2,(H,24,26). The zero-order valence-corrected chi connectivity index (χ0v) is 15.3. The van der Waals surface area contributed by atoms with Crippen LogP contribution in [0.25, 0.3) is 0 Å². The van der Waals surface area contributed by atoms with Crippen molar-refractivity contribution in [2.75, 3.05) is 13.1 Å². The van der Waals surface area contributed by atoms with Gasteiger partial charge in [-0.1, -0.05) is 72.3 Å². The minimum absolute atomic E-state index is 0.0178. The molecule has 2 aromatic rings. The molecule has 3 nitrogen and oxygen atoms in total. The highest BCUT2D eigenvalue weighted by Gasteiger charge is 2.14. The quantitative estimate of drug-likeness (QED) is 0.696.